The summed E-state index contributed by atoms with van der Waals surface area (Å²) in [6, 6.07) is 1.39. The van der Waals surface area contributed by atoms with E-state index in [4.69, 9.17) is 0 Å². The van der Waals surface area contributed by atoms with Crippen LogP contribution in [0.3, 0.4) is 0 Å². The van der Waals surface area contributed by atoms with Crippen LogP contribution in [0.2, 0.25) is 0 Å². The van der Waals surface area contributed by atoms with Crippen LogP contribution in [0, 0.1) is 0 Å². The van der Waals surface area contributed by atoms with E-state index in [9.17, 15) is 13.6 Å². The summed E-state index contributed by atoms with van der Waals surface area (Å²) in [4.78, 5) is 15.1. The first-order valence-corrected chi connectivity index (χ1v) is 4.80. The molecule has 2 rings (SSSR count). The number of fused-ring (bicyclic) bond motifs is 1. The highest BCUT2D eigenvalue weighted by Gasteiger charge is 2.13. The van der Waals surface area contributed by atoms with E-state index in [0.29, 0.717) is 10.9 Å². The molecule has 0 bridgehead atoms. The molecule has 0 N–H and O–H groups in total. The number of halogens is 2. The smallest absolute Gasteiger partial charge is 0.356 e. The van der Waals surface area contributed by atoms with Crippen molar-refractivity contribution in [3.63, 3.8) is 0 Å². The molecule has 17 heavy (non-hydrogen) atoms. The van der Waals surface area contributed by atoms with Crippen LogP contribution in [0.4, 0.5) is 8.78 Å². The van der Waals surface area contributed by atoms with Crippen molar-refractivity contribution in [2.75, 3.05) is 7.11 Å². The first-order chi connectivity index (χ1) is 8.11. The predicted octanol–water partition coefficient (Wildman–Crippen LogP) is 1.48. The van der Waals surface area contributed by atoms with Crippen molar-refractivity contribution in [3.05, 3.63) is 24.2 Å². The third-order valence-electron chi connectivity index (χ3n) is 2.23. The number of hydrogen-bond acceptors (Lipinski definition) is 4. The summed E-state index contributed by atoms with van der Waals surface area (Å²) in [6.07, 6.45) is 0.315. The number of methoxy groups -OCH3 is 1. The Morgan fingerprint density at radius 3 is 2.94 bits per heavy atom. The molecular formula is C10H9F2N3O2. The van der Waals surface area contributed by atoms with E-state index in [1.807, 2.05) is 0 Å². The van der Waals surface area contributed by atoms with Gasteiger partial charge in [-0.15, -0.1) is 0 Å². The van der Waals surface area contributed by atoms with Crippen LogP contribution in [-0.4, -0.2) is 34.3 Å². The highest BCUT2D eigenvalue weighted by Crippen LogP contribution is 2.15. The summed E-state index contributed by atoms with van der Waals surface area (Å²) in [5.74, 6) is -0.614. The molecule has 0 aliphatic rings. The third-order valence-corrected chi connectivity index (χ3v) is 2.23. The van der Waals surface area contributed by atoms with Crippen molar-refractivity contribution in [2.45, 2.75) is 13.0 Å². The molecule has 2 aromatic heterocycles. The molecule has 0 saturated carbocycles. The van der Waals surface area contributed by atoms with Gasteiger partial charge in [-0.05, 0) is 6.07 Å². The third kappa shape index (κ3) is 2.22. The van der Waals surface area contributed by atoms with Gasteiger partial charge in [-0.1, -0.05) is 0 Å². The molecule has 0 spiro atoms. The number of rotatable bonds is 3. The molecule has 0 unspecified atom stereocenters. The monoisotopic (exact) mass is 241 g/mol. The van der Waals surface area contributed by atoms with Gasteiger partial charge in [0, 0.05) is 11.6 Å². The summed E-state index contributed by atoms with van der Waals surface area (Å²) < 4.78 is 30.2. The van der Waals surface area contributed by atoms with Crippen molar-refractivity contribution >= 4 is 16.9 Å². The molecular weight excluding hydrogens is 232 g/mol. The van der Waals surface area contributed by atoms with Crippen LogP contribution in [0.15, 0.2) is 18.5 Å². The Morgan fingerprint density at radius 2 is 2.29 bits per heavy atom. The van der Waals surface area contributed by atoms with Gasteiger partial charge < -0.3 is 4.74 Å². The highest BCUT2D eigenvalue weighted by molar-refractivity contribution is 5.91. The predicted molar refractivity (Wildman–Crippen MR) is 54.9 cm³/mol. The molecule has 0 saturated heterocycles. The van der Waals surface area contributed by atoms with Crippen molar-refractivity contribution < 1.29 is 18.3 Å². The zero-order valence-electron chi connectivity index (χ0n) is 8.93. The molecule has 0 fully saturated rings. The van der Waals surface area contributed by atoms with E-state index >= 15 is 0 Å². The SMILES string of the molecule is COC(=O)c1cc2c(cn1)cnn2CC(F)F. The van der Waals surface area contributed by atoms with Gasteiger partial charge in [0.25, 0.3) is 6.43 Å². The fourth-order valence-electron chi connectivity index (χ4n) is 1.46. The number of esters is 1. The summed E-state index contributed by atoms with van der Waals surface area (Å²) in [5, 5.41) is 4.40. The second-order valence-electron chi connectivity index (χ2n) is 3.34. The van der Waals surface area contributed by atoms with Gasteiger partial charge in [0.05, 0.1) is 18.8 Å². The number of hydrogen-bond donors (Lipinski definition) is 0. The van der Waals surface area contributed by atoms with Crippen LogP contribution >= 0.6 is 0 Å². The molecule has 2 heterocycles. The molecule has 7 heteroatoms. The Bertz CT molecular complexity index is 553. The number of carbonyl (C=O) groups excluding carboxylic acids is 1. The van der Waals surface area contributed by atoms with Crippen LogP contribution in [0.5, 0.6) is 0 Å². The van der Waals surface area contributed by atoms with Crippen molar-refractivity contribution in [1.82, 2.24) is 14.8 Å². The largest absolute Gasteiger partial charge is 0.464 e. The molecule has 90 valence electrons. The minimum absolute atomic E-state index is 0.0658. The maximum absolute atomic E-state index is 12.3. The molecule has 0 amide bonds. The Morgan fingerprint density at radius 1 is 1.53 bits per heavy atom. The van der Waals surface area contributed by atoms with Crippen molar-refractivity contribution in [2.24, 2.45) is 0 Å². The first kappa shape index (κ1) is 11.4. The van der Waals surface area contributed by atoms with Gasteiger partial charge in [0.15, 0.2) is 5.69 Å². The van der Waals surface area contributed by atoms with Crippen LogP contribution in [-0.2, 0) is 11.3 Å². The van der Waals surface area contributed by atoms with Crippen LogP contribution in [0.1, 0.15) is 10.5 Å². The summed E-state index contributed by atoms with van der Waals surface area (Å²) in [6.45, 7) is -0.520. The van der Waals surface area contributed by atoms with Gasteiger partial charge in [-0.3, -0.25) is 4.68 Å². The Balaban J connectivity index is 2.46. The summed E-state index contributed by atoms with van der Waals surface area (Å²) in [7, 11) is 1.23. The first-order valence-electron chi connectivity index (χ1n) is 4.80. The van der Waals surface area contributed by atoms with Crippen molar-refractivity contribution in [1.29, 1.82) is 0 Å². The Hall–Kier alpha value is -2.05. The van der Waals surface area contributed by atoms with Gasteiger partial charge in [0.1, 0.15) is 6.54 Å². The van der Waals surface area contributed by atoms with Crippen molar-refractivity contribution in [3.8, 4) is 0 Å². The summed E-state index contributed by atoms with van der Waals surface area (Å²) in [5.41, 5.74) is 0.497. The number of aromatic nitrogens is 3. The van der Waals surface area contributed by atoms with Gasteiger partial charge in [-0.25, -0.2) is 18.6 Å². The maximum atomic E-state index is 12.3. The molecule has 0 aromatic carbocycles. The second kappa shape index (κ2) is 4.44. The normalized spacial score (nSPS) is 11.1. The number of nitrogens with zero attached hydrogens (tertiary/aromatic N) is 3. The lowest BCUT2D eigenvalue weighted by molar-refractivity contribution is 0.0594. The quantitative estimate of drug-likeness (QED) is 0.764. The lowest BCUT2D eigenvalue weighted by Gasteiger charge is -2.03. The van der Waals surface area contributed by atoms with Crippen LogP contribution < -0.4 is 0 Å². The number of pyridine rings is 1. The maximum Gasteiger partial charge on any atom is 0.356 e. The fourth-order valence-corrected chi connectivity index (χ4v) is 1.46. The standard InChI is InChI=1S/C10H9F2N3O2/c1-17-10(16)7-2-8-6(3-13-7)4-14-15(8)5-9(11)12/h2-4,9H,5H2,1H3. The van der Waals surface area contributed by atoms with E-state index < -0.39 is 18.9 Å². The Labute approximate surface area is 95.0 Å². The molecule has 0 radical (unpaired) electrons. The zero-order chi connectivity index (χ0) is 12.4. The van der Waals surface area contributed by atoms with Gasteiger partial charge in [-0.2, -0.15) is 5.10 Å². The molecule has 0 aliphatic carbocycles. The topological polar surface area (TPSA) is 57.0 Å². The zero-order valence-corrected chi connectivity index (χ0v) is 8.93. The molecule has 0 aliphatic heterocycles. The highest BCUT2D eigenvalue weighted by atomic mass is 19.3. The minimum Gasteiger partial charge on any atom is -0.464 e. The van der Waals surface area contributed by atoms with Gasteiger partial charge >= 0.3 is 5.97 Å². The van der Waals surface area contributed by atoms with E-state index in [1.165, 1.54) is 25.6 Å². The molecule has 2 aromatic rings. The average molecular weight is 241 g/mol. The lowest BCUT2D eigenvalue weighted by atomic mass is 10.3. The number of carbonyl (C=O) groups is 1. The van der Waals surface area contributed by atoms with E-state index in [2.05, 4.69) is 14.8 Å². The van der Waals surface area contributed by atoms with Crippen LogP contribution in [0.25, 0.3) is 10.9 Å². The van der Waals surface area contributed by atoms with E-state index in [0.717, 1.165) is 4.68 Å². The number of alkyl halides is 2. The fraction of sp³-hybridized carbons (Fsp3) is 0.300. The number of ether oxygens (including phenoxy) is 1. The minimum atomic E-state index is -2.51. The van der Waals surface area contributed by atoms with E-state index in [1.54, 1.807) is 0 Å². The average Bonchev–Trinajstić information content (AvgIpc) is 2.70. The second-order valence-corrected chi connectivity index (χ2v) is 3.34. The van der Waals surface area contributed by atoms with E-state index in [-0.39, 0.29) is 5.69 Å². The summed E-state index contributed by atoms with van der Waals surface area (Å²) >= 11 is 0. The van der Waals surface area contributed by atoms with Gasteiger partial charge in [0.2, 0.25) is 0 Å². The molecule has 0 atom stereocenters. The molecule has 5 nitrogen and oxygen atoms in total. The lowest BCUT2D eigenvalue weighted by Crippen LogP contribution is -2.09. The Kier molecular flexibility index (Phi) is 2.99.